The summed E-state index contributed by atoms with van der Waals surface area (Å²) in [6.45, 7) is 17.6. The van der Waals surface area contributed by atoms with Crippen LogP contribution in [0.15, 0.2) is 18.7 Å². The molecule has 0 radical (unpaired) electrons. The molecule has 0 fully saturated rings. The monoisotopic (exact) mass is 802 g/mol. The molecule has 0 amide bonds. The SMILES string of the molecule is CCCCCCCCC(CCCCCC)C(=O)OCCCCCCN(CCCCCCOC(C)C(CCCCCC)CCCCCCCC)CCCn1ccnc1. The molecule has 0 bridgehead atoms. The van der Waals surface area contributed by atoms with E-state index in [1.165, 1.54) is 186 Å². The van der Waals surface area contributed by atoms with E-state index in [9.17, 15) is 4.79 Å². The van der Waals surface area contributed by atoms with Crippen LogP contribution in [0.25, 0.3) is 0 Å². The molecule has 1 aromatic rings. The number of hydrogen-bond acceptors (Lipinski definition) is 5. The van der Waals surface area contributed by atoms with Gasteiger partial charge in [0, 0.05) is 25.5 Å². The maximum atomic E-state index is 13.1. The zero-order valence-corrected chi connectivity index (χ0v) is 39.1. The highest BCUT2D eigenvalue weighted by atomic mass is 16.5. The molecule has 57 heavy (non-hydrogen) atoms. The van der Waals surface area contributed by atoms with Gasteiger partial charge >= 0.3 is 5.97 Å². The Kier molecular flexibility index (Phi) is 38.9. The third kappa shape index (κ3) is 33.1. The molecule has 1 heterocycles. The standard InChI is InChI=1S/C51H99N3O3/c1-6-10-14-18-20-28-36-49(35-26-16-12-8-3)48(5)56-45-32-24-22-30-40-53(42-34-43-54-44-39-52-47-54)41-31-23-25-33-46-57-51(55)50(37-27-17-13-9-4)38-29-21-19-15-11-7-2/h39,44,47-50H,6-38,40-43,45-46H2,1-5H3. The molecular formula is C51H99N3O3. The molecule has 6 heteroatoms. The number of carbonyl (C=O) groups is 1. The summed E-state index contributed by atoms with van der Waals surface area (Å²) in [5.41, 5.74) is 0. The highest BCUT2D eigenvalue weighted by molar-refractivity contribution is 5.72. The molecule has 0 aliphatic rings. The maximum absolute atomic E-state index is 13.1. The van der Waals surface area contributed by atoms with E-state index in [0.29, 0.717) is 12.7 Å². The molecule has 0 spiro atoms. The normalized spacial score (nSPS) is 13.4. The lowest BCUT2D eigenvalue weighted by atomic mass is 9.90. The second kappa shape index (κ2) is 41.3. The first-order chi connectivity index (χ1) is 28.0. The van der Waals surface area contributed by atoms with Crippen LogP contribution < -0.4 is 0 Å². The number of unbranched alkanes of at least 4 members (excludes halogenated alkanes) is 22. The van der Waals surface area contributed by atoms with E-state index in [1.54, 1.807) is 0 Å². The van der Waals surface area contributed by atoms with Crippen molar-refractivity contribution in [1.29, 1.82) is 0 Å². The van der Waals surface area contributed by atoms with Crippen molar-refractivity contribution >= 4 is 5.97 Å². The van der Waals surface area contributed by atoms with E-state index in [2.05, 4.69) is 55.3 Å². The number of imidazole rings is 1. The van der Waals surface area contributed by atoms with Crippen LogP contribution in [0.2, 0.25) is 0 Å². The lowest BCUT2D eigenvalue weighted by Gasteiger charge is -2.25. The molecule has 0 aromatic carbocycles. The predicted molar refractivity (Wildman–Crippen MR) is 247 cm³/mol. The van der Waals surface area contributed by atoms with E-state index < -0.39 is 0 Å². The minimum absolute atomic E-state index is 0.0793. The smallest absolute Gasteiger partial charge is 0.308 e. The van der Waals surface area contributed by atoms with Crippen LogP contribution in [0.4, 0.5) is 0 Å². The fourth-order valence-corrected chi connectivity index (χ4v) is 8.51. The zero-order valence-electron chi connectivity index (χ0n) is 39.1. The Morgan fingerprint density at radius 2 is 0.982 bits per heavy atom. The van der Waals surface area contributed by atoms with Gasteiger partial charge in [-0.15, -0.1) is 0 Å². The molecule has 3 atom stereocenters. The molecule has 0 aliphatic carbocycles. The third-order valence-corrected chi connectivity index (χ3v) is 12.5. The summed E-state index contributed by atoms with van der Waals surface area (Å²) in [6.07, 6.45) is 48.1. The van der Waals surface area contributed by atoms with E-state index in [1.807, 2.05) is 12.5 Å². The van der Waals surface area contributed by atoms with E-state index >= 15 is 0 Å². The first-order valence-electron chi connectivity index (χ1n) is 25.5. The quantitative estimate of drug-likeness (QED) is 0.0486. The van der Waals surface area contributed by atoms with Gasteiger partial charge in [-0.3, -0.25) is 4.79 Å². The minimum atomic E-state index is 0.0793. The number of carbonyl (C=O) groups excluding carboxylic acids is 1. The summed E-state index contributed by atoms with van der Waals surface area (Å²) < 4.78 is 14.6. The Hall–Kier alpha value is -1.40. The molecule has 0 saturated carbocycles. The number of esters is 1. The van der Waals surface area contributed by atoms with Crippen molar-refractivity contribution in [3.8, 4) is 0 Å². The largest absolute Gasteiger partial charge is 0.465 e. The van der Waals surface area contributed by atoms with Crippen LogP contribution in [-0.4, -0.2) is 59.4 Å². The van der Waals surface area contributed by atoms with Gasteiger partial charge in [-0.2, -0.15) is 0 Å². The first kappa shape index (κ1) is 53.6. The number of ether oxygens (including phenoxy) is 2. The van der Waals surface area contributed by atoms with Gasteiger partial charge in [0.15, 0.2) is 0 Å². The van der Waals surface area contributed by atoms with Gasteiger partial charge < -0.3 is 18.9 Å². The lowest BCUT2D eigenvalue weighted by Crippen LogP contribution is -2.28. The van der Waals surface area contributed by atoms with Gasteiger partial charge in [-0.25, -0.2) is 4.98 Å². The Balaban J connectivity index is 2.37. The van der Waals surface area contributed by atoms with Crippen molar-refractivity contribution in [2.45, 2.75) is 259 Å². The Labute approximate surface area is 356 Å². The summed E-state index contributed by atoms with van der Waals surface area (Å²) in [4.78, 5) is 20.0. The van der Waals surface area contributed by atoms with E-state index in [0.717, 1.165) is 64.1 Å². The van der Waals surface area contributed by atoms with Crippen LogP contribution in [0, 0.1) is 11.8 Å². The van der Waals surface area contributed by atoms with Crippen LogP contribution in [-0.2, 0) is 20.8 Å². The second-order valence-electron chi connectivity index (χ2n) is 17.8. The topological polar surface area (TPSA) is 56.6 Å². The zero-order chi connectivity index (χ0) is 41.3. The summed E-state index contributed by atoms with van der Waals surface area (Å²) in [5.74, 6) is 0.920. The van der Waals surface area contributed by atoms with E-state index in [4.69, 9.17) is 9.47 Å². The summed E-state index contributed by atoms with van der Waals surface area (Å²) >= 11 is 0. The van der Waals surface area contributed by atoms with Gasteiger partial charge in [0.25, 0.3) is 0 Å². The van der Waals surface area contributed by atoms with Crippen LogP contribution in [0.1, 0.15) is 247 Å². The summed E-state index contributed by atoms with van der Waals surface area (Å²) in [7, 11) is 0. The number of rotatable bonds is 45. The highest BCUT2D eigenvalue weighted by Gasteiger charge is 2.20. The van der Waals surface area contributed by atoms with Gasteiger partial charge in [0.2, 0.25) is 0 Å². The van der Waals surface area contributed by atoms with E-state index in [-0.39, 0.29) is 11.9 Å². The molecular weight excluding hydrogens is 703 g/mol. The number of nitrogens with zero attached hydrogens (tertiary/aromatic N) is 3. The number of hydrogen-bond donors (Lipinski definition) is 0. The van der Waals surface area contributed by atoms with Gasteiger partial charge in [-0.05, 0) is 90.3 Å². The maximum Gasteiger partial charge on any atom is 0.308 e. The fraction of sp³-hybridized carbons (Fsp3) is 0.922. The van der Waals surface area contributed by atoms with Crippen molar-refractivity contribution in [3.63, 3.8) is 0 Å². The first-order valence-corrected chi connectivity index (χ1v) is 25.5. The molecule has 1 aromatic heterocycles. The molecule has 0 saturated heterocycles. The Morgan fingerprint density at radius 1 is 0.544 bits per heavy atom. The predicted octanol–water partition coefficient (Wildman–Crippen LogP) is 15.3. The molecule has 0 N–H and O–H groups in total. The van der Waals surface area contributed by atoms with Crippen molar-refractivity contribution < 1.29 is 14.3 Å². The van der Waals surface area contributed by atoms with Crippen molar-refractivity contribution in [1.82, 2.24) is 14.5 Å². The van der Waals surface area contributed by atoms with Gasteiger partial charge in [0.05, 0.1) is 25.0 Å². The third-order valence-electron chi connectivity index (χ3n) is 12.5. The molecule has 3 unspecified atom stereocenters. The lowest BCUT2D eigenvalue weighted by molar-refractivity contribution is -0.149. The molecule has 0 aliphatic heterocycles. The fourth-order valence-electron chi connectivity index (χ4n) is 8.51. The minimum Gasteiger partial charge on any atom is -0.465 e. The average Bonchev–Trinajstić information content (AvgIpc) is 3.74. The summed E-state index contributed by atoms with van der Waals surface area (Å²) in [6, 6.07) is 0. The highest BCUT2D eigenvalue weighted by Crippen LogP contribution is 2.25. The molecule has 6 nitrogen and oxygen atoms in total. The van der Waals surface area contributed by atoms with Gasteiger partial charge in [0.1, 0.15) is 0 Å². The Bertz CT molecular complexity index is 940. The average molecular weight is 802 g/mol. The summed E-state index contributed by atoms with van der Waals surface area (Å²) in [5, 5.41) is 0. The molecule has 336 valence electrons. The van der Waals surface area contributed by atoms with Crippen molar-refractivity contribution in [3.05, 3.63) is 18.7 Å². The van der Waals surface area contributed by atoms with Crippen LogP contribution in [0.3, 0.4) is 0 Å². The van der Waals surface area contributed by atoms with Crippen LogP contribution >= 0.6 is 0 Å². The second-order valence-corrected chi connectivity index (χ2v) is 17.8. The van der Waals surface area contributed by atoms with Crippen molar-refractivity contribution in [2.24, 2.45) is 11.8 Å². The Morgan fingerprint density at radius 3 is 1.51 bits per heavy atom. The molecule has 1 rings (SSSR count). The van der Waals surface area contributed by atoms with Gasteiger partial charge in [-0.1, -0.05) is 182 Å². The number of aromatic nitrogens is 2. The van der Waals surface area contributed by atoms with Crippen molar-refractivity contribution in [2.75, 3.05) is 32.8 Å². The van der Waals surface area contributed by atoms with Crippen LogP contribution in [0.5, 0.6) is 0 Å². The number of aryl methyl sites for hydroxylation is 1.